The number of rotatable bonds is 8. The molecule has 2 rings (SSSR count). The monoisotopic (exact) mass is 250 g/mol. The van der Waals surface area contributed by atoms with E-state index in [1.54, 1.807) is 6.26 Å². The largest absolute Gasteiger partial charge is 0.468 e. The zero-order valence-electron chi connectivity index (χ0n) is 11.9. The molecule has 3 nitrogen and oxygen atoms in total. The molecule has 1 aromatic heterocycles. The van der Waals surface area contributed by atoms with Gasteiger partial charge in [0.2, 0.25) is 0 Å². The van der Waals surface area contributed by atoms with Crippen molar-refractivity contribution >= 4 is 0 Å². The Balaban J connectivity index is 1.84. The molecule has 0 saturated heterocycles. The van der Waals surface area contributed by atoms with Crippen molar-refractivity contribution in [3.8, 4) is 0 Å². The molecule has 1 heterocycles. The third-order valence-corrected chi connectivity index (χ3v) is 3.87. The minimum atomic E-state index is 0.566. The van der Waals surface area contributed by atoms with Crippen LogP contribution >= 0.6 is 0 Å². The number of nitrogens with one attached hydrogen (secondary N) is 1. The molecule has 0 spiro atoms. The fraction of sp³-hybridized carbons (Fsp3) is 0.733. The molecule has 3 heteroatoms. The maximum Gasteiger partial charge on any atom is 0.117 e. The fourth-order valence-corrected chi connectivity index (χ4v) is 2.27. The van der Waals surface area contributed by atoms with Gasteiger partial charge in [-0.1, -0.05) is 6.92 Å². The lowest BCUT2D eigenvalue weighted by Gasteiger charge is -2.29. The van der Waals surface area contributed by atoms with Crippen LogP contribution in [0.2, 0.25) is 0 Å². The van der Waals surface area contributed by atoms with Gasteiger partial charge in [-0.25, -0.2) is 0 Å². The standard InChI is InChI=1S/C15H26N2O/c1-4-12(2)16-10-13(3)17(14-7-8-14)11-15-6-5-9-18-15/h5-6,9,12-14,16H,4,7-8,10-11H2,1-3H3. The van der Waals surface area contributed by atoms with E-state index in [0.717, 1.165) is 24.9 Å². The van der Waals surface area contributed by atoms with Gasteiger partial charge in [0.25, 0.3) is 0 Å². The van der Waals surface area contributed by atoms with Gasteiger partial charge < -0.3 is 9.73 Å². The summed E-state index contributed by atoms with van der Waals surface area (Å²) in [5, 5.41) is 3.60. The molecule has 0 amide bonds. The molecule has 1 aromatic rings. The minimum absolute atomic E-state index is 0.566. The highest BCUT2D eigenvalue weighted by molar-refractivity contribution is 5.00. The Morgan fingerprint density at radius 3 is 2.78 bits per heavy atom. The molecule has 1 aliphatic rings. The Labute approximate surface area is 111 Å². The fourth-order valence-electron chi connectivity index (χ4n) is 2.27. The lowest BCUT2D eigenvalue weighted by molar-refractivity contribution is 0.169. The molecule has 1 aliphatic carbocycles. The van der Waals surface area contributed by atoms with Gasteiger partial charge in [0.05, 0.1) is 12.8 Å². The van der Waals surface area contributed by atoms with E-state index in [-0.39, 0.29) is 0 Å². The van der Waals surface area contributed by atoms with Gasteiger partial charge in [-0.15, -0.1) is 0 Å². The van der Waals surface area contributed by atoms with Crippen molar-refractivity contribution in [1.82, 2.24) is 10.2 Å². The first-order valence-corrected chi connectivity index (χ1v) is 7.22. The molecule has 1 fully saturated rings. The van der Waals surface area contributed by atoms with Gasteiger partial charge in [-0.05, 0) is 45.2 Å². The van der Waals surface area contributed by atoms with Crippen LogP contribution in [-0.4, -0.2) is 29.6 Å². The zero-order valence-corrected chi connectivity index (χ0v) is 11.9. The van der Waals surface area contributed by atoms with Crippen molar-refractivity contribution in [1.29, 1.82) is 0 Å². The summed E-state index contributed by atoms with van der Waals surface area (Å²) < 4.78 is 5.48. The van der Waals surface area contributed by atoms with Crippen molar-refractivity contribution in [3.63, 3.8) is 0 Å². The summed E-state index contributed by atoms with van der Waals surface area (Å²) in [7, 11) is 0. The molecule has 0 radical (unpaired) electrons. The van der Waals surface area contributed by atoms with Crippen LogP contribution in [0.4, 0.5) is 0 Å². The first kappa shape index (κ1) is 13.6. The molecule has 1 saturated carbocycles. The van der Waals surface area contributed by atoms with Gasteiger partial charge in [0.1, 0.15) is 5.76 Å². The summed E-state index contributed by atoms with van der Waals surface area (Å²) in [6.07, 6.45) is 5.64. The van der Waals surface area contributed by atoms with E-state index in [0.29, 0.717) is 12.1 Å². The van der Waals surface area contributed by atoms with Gasteiger partial charge in [0.15, 0.2) is 0 Å². The van der Waals surface area contributed by atoms with Crippen LogP contribution < -0.4 is 5.32 Å². The van der Waals surface area contributed by atoms with E-state index in [1.807, 2.05) is 6.07 Å². The summed E-state index contributed by atoms with van der Waals surface area (Å²) in [6, 6.07) is 5.99. The van der Waals surface area contributed by atoms with E-state index in [1.165, 1.54) is 19.3 Å². The third-order valence-electron chi connectivity index (χ3n) is 3.87. The van der Waals surface area contributed by atoms with Crippen LogP contribution in [-0.2, 0) is 6.54 Å². The smallest absolute Gasteiger partial charge is 0.117 e. The number of furan rings is 1. The molecule has 102 valence electrons. The highest BCUT2D eigenvalue weighted by Gasteiger charge is 2.32. The molecule has 2 atom stereocenters. The topological polar surface area (TPSA) is 28.4 Å². The maximum atomic E-state index is 5.48. The van der Waals surface area contributed by atoms with Gasteiger partial charge in [-0.3, -0.25) is 4.90 Å². The Morgan fingerprint density at radius 2 is 2.22 bits per heavy atom. The Bertz CT molecular complexity index is 332. The highest BCUT2D eigenvalue weighted by atomic mass is 16.3. The van der Waals surface area contributed by atoms with E-state index in [9.17, 15) is 0 Å². The van der Waals surface area contributed by atoms with Crippen LogP contribution in [0, 0.1) is 0 Å². The second kappa shape index (κ2) is 6.39. The molecular weight excluding hydrogens is 224 g/mol. The van der Waals surface area contributed by atoms with Crippen LogP contribution in [0.25, 0.3) is 0 Å². The molecule has 1 N–H and O–H groups in total. The van der Waals surface area contributed by atoms with E-state index in [2.05, 4.69) is 37.1 Å². The average molecular weight is 250 g/mol. The lowest BCUT2D eigenvalue weighted by atomic mass is 10.2. The van der Waals surface area contributed by atoms with Crippen LogP contribution in [0.15, 0.2) is 22.8 Å². The van der Waals surface area contributed by atoms with Crippen molar-refractivity contribution in [2.75, 3.05) is 6.54 Å². The maximum absolute atomic E-state index is 5.48. The Morgan fingerprint density at radius 1 is 1.44 bits per heavy atom. The quantitative estimate of drug-likeness (QED) is 0.769. The number of hydrogen-bond acceptors (Lipinski definition) is 3. The number of nitrogens with zero attached hydrogens (tertiary/aromatic N) is 1. The van der Waals surface area contributed by atoms with Crippen LogP contribution in [0.1, 0.15) is 45.8 Å². The van der Waals surface area contributed by atoms with E-state index in [4.69, 9.17) is 4.42 Å². The second-order valence-electron chi connectivity index (χ2n) is 5.55. The molecule has 0 aliphatic heterocycles. The predicted octanol–water partition coefficient (Wildman–Crippen LogP) is 3.02. The summed E-state index contributed by atoms with van der Waals surface area (Å²) in [4.78, 5) is 2.58. The highest BCUT2D eigenvalue weighted by Crippen LogP contribution is 2.30. The summed E-state index contributed by atoms with van der Waals surface area (Å²) in [5.41, 5.74) is 0. The molecule has 0 aromatic carbocycles. The van der Waals surface area contributed by atoms with Crippen LogP contribution in [0.5, 0.6) is 0 Å². The predicted molar refractivity (Wildman–Crippen MR) is 74.5 cm³/mol. The van der Waals surface area contributed by atoms with Gasteiger partial charge in [-0.2, -0.15) is 0 Å². The van der Waals surface area contributed by atoms with E-state index >= 15 is 0 Å². The number of hydrogen-bond donors (Lipinski definition) is 1. The van der Waals surface area contributed by atoms with Crippen molar-refractivity contribution < 1.29 is 4.42 Å². The Hall–Kier alpha value is -0.800. The molecule has 0 bridgehead atoms. The SMILES string of the molecule is CCC(C)NCC(C)N(Cc1ccco1)C1CC1. The van der Waals surface area contributed by atoms with Crippen molar-refractivity contribution in [2.45, 2.75) is 64.7 Å². The van der Waals surface area contributed by atoms with Crippen molar-refractivity contribution in [3.05, 3.63) is 24.2 Å². The normalized spacial score (nSPS) is 19.1. The van der Waals surface area contributed by atoms with Crippen LogP contribution in [0.3, 0.4) is 0 Å². The molecule has 2 unspecified atom stereocenters. The average Bonchev–Trinajstić information content (AvgIpc) is 3.09. The van der Waals surface area contributed by atoms with E-state index < -0.39 is 0 Å². The third kappa shape index (κ3) is 3.85. The molecular formula is C15H26N2O. The molecule has 18 heavy (non-hydrogen) atoms. The van der Waals surface area contributed by atoms with Crippen molar-refractivity contribution in [2.24, 2.45) is 0 Å². The first-order chi connectivity index (χ1) is 8.70. The first-order valence-electron chi connectivity index (χ1n) is 7.22. The lowest BCUT2D eigenvalue weighted by Crippen LogP contribution is -2.43. The second-order valence-corrected chi connectivity index (χ2v) is 5.55. The summed E-state index contributed by atoms with van der Waals surface area (Å²) >= 11 is 0. The van der Waals surface area contributed by atoms with Gasteiger partial charge >= 0.3 is 0 Å². The minimum Gasteiger partial charge on any atom is -0.468 e. The summed E-state index contributed by atoms with van der Waals surface area (Å²) in [5.74, 6) is 1.08. The van der Waals surface area contributed by atoms with Gasteiger partial charge in [0, 0.05) is 24.7 Å². The summed E-state index contributed by atoms with van der Waals surface area (Å²) in [6.45, 7) is 8.80. The Kier molecular flexibility index (Phi) is 4.84. The zero-order chi connectivity index (χ0) is 13.0.